The third-order valence-corrected chi connectivity index (χ3v) is 5.28. The van der Waals surface area contributed by atoms with E-state index in [-0.39, 0.29) is 5.91 Å². The number of nitrogens with two attached hydrogens (primary N) is 1. The predicted octanol–water partition coefficient (Wildman–Crippen LogP) is 3.15. The Bertz CT molecular complexity index is 652. The molecule has 0 spiro atoms. The highest BCUT2D eigenvalue weighted by atomic mass is 32.2. The molecule has 1 aliphatic rings. The Balaban J connectivity index is 1.71. The molecule has 1 aliphatic carbocycles. The van der Waals surface area contributed by atoms with Gasteiger partial charge in [-0.3, -0.25) is 4.79 Å². The minimum Gasteiger partial charge on any atom is -0.399 e. The van der Waals surface area contributed by atoms with E-state index in [4.69, 9.17) is 5.73 Å². The van der Waals surface area contributed by atoms with Crippen molar-refractivity contribution in [2.24, 2.45) is 0 Å². The Morgan fingerprint density at radius 1 is 1.38 bits per heavy atom. The normalized spacial score (nSPS) is 22.3. The number of benzene rings is 1. The molecule has 0 saturated heterocycles. The number of hydrogen-bond acceptors (Lipinski definition) is 3. The average molecular weight is 303 g/mol. The van der Waals surface area contributed by atoms with E-state index < -0.39 is 0 Å². The number of rotatable bonds is 3. The lowest BCUT2D eigenvalue weighted by molar-refractivity contribution is 0.0924. The average Bonchev–Trinajstić information content (AvgIpc) is 2.90. The van der Waals surface area contributed by atoms with Crippen LogP contribution in [0.15, 0.2) is 24.3 Å². The molecule has 1 aromatic heterocycles. The predicted molar refractivity (Wildman–Crippen MR) is 89.7 cm³/mol. The van der Waals surface area contributed by atoms with Crippen LogP contribution in [0.5, 0.6) is 0 Å². The molecule has 4 nitrogen and oxygen atoms in total. The molecule has 1 saturated carbocycles. The second-order valence-electron chi connectivity index (χ2n) is 5.72. The first-order chi connectivity index (χ1) is 10.2. The first-order valence-electron chi connectivity index (χ1n) is 7.37. The molecule has 21 heavy (non-hydrogen) atoms. The van der Waals surface area contributed by atoms with Crippen molar-refractivity contribution >= 4 is 34.3 Å². The Morgan fingerprint density at radius 3 is 3.05 bits per heavy atom. The van der Waals surface area contributed by atoms with E-state index in [9.17, 15) is 4.79 Å². The molecule has 2 aromatic rings. The number of H-pyrrole nitrogens is 1. The summed E-state index contributed by atoms with van der Waals surface area (Å²) in [6, 6.07) is 7.79. The fraction of sp³-hybridized carbons (Fsp3) is 0.438. The number of nitrogens with one attached hydrogen (secondary N) is 2. The van der Waals surface area contributed by atoms with Crippen molar-refractivity contribution in [2.75, 3.05) is 12.0 Å². The number of aromatic amines is 1. The minimum atomic E-state index is -0.0171. The van der Waals surface area contributed by atoms with Crippen molar-refractivity contribution in [3.05, 3.63) is 30.0 Å². The van der Waals surface area contributed by atoms with E-state index in [0.717, 1.165) is 23.7 Å². The van der Waals surface area contributed by atoms with Crippen LogP contribution < -0.4 is 11.1 Å². The fourth-order valence-electron chi connectivity index (χ4n) is 3.03. The van der Waals surface area contributed by atoms with Gasteiger partial charge < -0.3 is 16.0 Å². The summed E-state index contributed by atoms with van der Waals surface area (Å²) in [5, 5.41) is 4.81. The largest absolute Gasteiger partial charge is 0.399 e. The summed E-state index contributed by atoms with van der Waals surface area (Å²) in [6.45, 7) is 0. The van der Waals surface area contributed by atoms with Crippen LogP contribution in [0, 0.1) is 0 Å². The number of anilines is 1. The van der Waals surface area contributed by atoms with Crippen LogP contribution in [0.4, 0.5) is 5.69 Å². The Kier molecular flexibility index (Phi) is 4.10. The topological polar surface area (TPSA) is 70.9 Å². The molecule has 1 heterocycles. The lowest BCUT2D eigenvalue weighted by Gasteiger charge is -2.28. The zero-order valence-corrected chi connectivity index (χ0v) is 13.0. The number of thioether (sulfide) groups is 1. The molecule has 4 N–H and O–H groups in total. The molecule has 0 aliphatic heterocycles. The summed E-state index contributed by atoms with van der Waals surface area (Å²) < 4.78 is 0. The van der Waals surface area contributed by atoms with Gasteiger partial charge in [0.05, 0.1) is 0 Å². The molecule has 112 valence electrons. The van der Waals surface area contributed by atoms with Gasteiger partial charge in [-0.25, -0.2) is 0 Å². The highest BCUT2D eigenvalue weighted by Gasteiger charge is 2.23. The molecule has 1 fully saturated rings. The first kappa shape index (κ1) is 14.3. The Labute approximate surface area is 128 Å². The van der Waals surface area contributed by atoms with Gasteiger partial charge in [0, 0.05) is 27.9 Å². The van der Waals surface area contributed by atoms with Gasteiger partial charge in [-0.2, -0.15) is 11.8 Å². The van der Waals surface area contributed by atoms with Gasteiger partial charge in [-0.1, -0.05) is 6.42 Å². The van der Waals surface area contributed by atoms with Crippen LogP contribution in [-0.2, 0) is 0 Å². The van der Waals surface area contributed by atoms with E-state index >= 15 is 0 Å². The smallest absolute Gasteiger partial charge is 0.267 e. The van der Waals surface area contributed by atoms with Crippen LogP contribution in [0.25, 0.3) is 10.9 Å². The summed E-state index contributed by atoms with van der Waals surface area (Å²) in [7, 11) is 0. The molecule has 5 heteroatoms. The number of hydrogen-bond donors (Lipinski definition) is 3. The molecule has 1 aromatic carbocycles. The summed E-state index contributed by atoms with van der Waals surface area (Å²) >= 11 is 1.90. The quantitative estimate of drug-likeness (QED) is 0.763. The van der Waals surface area contributed by atoms with Crippen molar-refractivity contribution in [3.8, 4) is 0 Å². The molecule has 2 atom stereocenters. The van der Waals surface area contributed by atoms with Crippen molar-refractivity contribution in [3.63, 3.8) is 0 Å². The van der Waals surface area contributed by atoms with Crippen LogP contribution >= 0.6 is 11.8 Å². The number of carbonyl (C=O) groups is 1. The van der Waals surface area contributed by atoms with E-state index in [1.807, 2.05) is 36.0 Å². The SMILES string of the molecule is CSC1CCCC(NC(=O)c2cc3cc(N)ccc3[nH]2)C1. The molecule has 0 bridgehead atoms. The van der Waals surface area contributed by atoms with Gasteiger partial charge in [-0.05, 0) is 49.8 Å². The third kappa shape index (κ3) is 3.18. The molecular formula is C16H21N3OS. The van der Waals surface area contributed by atoms with Crippen LogP contribution in [0.3, 0.4) is 0 Å². The highest BCUT2D eigenvalue weighted by molar-refractivity contribution is 7.99. The van der Waals surface area contributed by atoms with Gasteiger partial charge in [0.25, 0.3) is 5.91 Å². The fourth-order valence-corrected chi connectivity index (χ4v) is 3.85. The van der Waals surface area contributed by atoms with Crippen LogP contribution in [-0.4, -0.2) is 28.4 Å². The minimum absolute atomic E-state index is 0.0171. The van der Waals surface area contributed by atoms with Gasteiger partial charge in [0.1, 0.15) is 5.69 Å². The first-order valence-corrected chi connectivity index (χ1v) is 8.66. The van der Waals surface area contributed by atoms with Gasteiger partial charge in [0.15, 0.2) is 0 Å². The second-order valence-corrected chi connectivity index (χ2v) is 6.86. The van der Waals surface area contributed by atoms with E-state index in [1.54, 1.807) is 0 Å². The number of carbonyl (C=O) groups excluding carboxylic acids is 1. The van der Waals surface area contributed by atoms with E-state index in [0.29, 0.717) is 22.7 Å². The van der Waals surface area contributed by atoms with Crippen molar-refractivity contribution in [1.82, 2.24) is 10.3 Å². The van der Waals surface area contributed by atoms with Crippen molar-refractivity contribution in [1.29, 1.82) is 0 Å². The van der Waals surface area contributed by atoms with Crippen LogP contribution in [0.1, 0.15) is 36.2 Å². The summed E-state index contributed by atoms with van der Waals surface area (Å²) in [6.07, 6.45) is 6.76. The highest BCUT2D eigenvalue weighted by Crippen LogP contribution is 2.27. The molecule has 2 unspecified atom stereocenters. The maximum absolute atomic E-state index is 12.4. The third-order valence-electron chi connectivity index (χ3n) is 4.18. The lowest BCUT2D eigenvalue weighted by Crippen LogP contribution is -2.39. The second kappa shape index (κ2) is 6.02. The van der Waals surface area contributed by atoms with Crippen molar-refractivity contribution < 1.29 is 4.79 Å². The van der Waals surface area contributed by atoms with Gasteiger partial charge in [0.2, 0.25) is 0 Å². The number of nitrogen functional groups attached to an aromatic ring is 1. The van der Waals surface area contributed by atoms with Crippen LogP contribution in [0.2, 0.25) is 0 Å². The Morgan fingerprint density at radius 2 is 2.24 bits per heavy atom. The monoisotopic (exact) mass is 303 g/mol. The Hall–Kier alpha value is -1.62. The summed E-state index contributed by atoms with van der Waals surface area (Å²) in [5.74, 6) is -0.0171. The molecule has 0 radical (unpaired) electrons. The van der Waals surface area contributed by atoms with Gasteiger partial charge >= 0.3 is 0 Å². The lowest BCUT2D eigenvalue weighted by atomic mass is 9.95. The van der Waals surface area contributed by atoms with E-state index in [1.165, 1.54) is 12.8 Å². The van der Waals surface area contributed by atoms with E-state index in [2.05, 4.69) is 16.6 Å². The maximum Gasteiger partial charge on any atom is 0.267 e. The zero-order valence-electron chi connectivity index (χ0n) is 12.2. The maximum atomic E-state index is 12.4. The number of amides is 1. The summed E-state index contributed by atoms with van der Waals surface area (Å²) in [4.78, 5) is 15.5. The zero-order chi connectivity index (χ0) is 14.8. The van der Waals surface area contributed by atoms with Gasteiger partial charge in [-0.15, -0.1) is 0 Å². The summed E-state index contributed by atoms with van der Waals surface area (Å²) in [5.41, 5.74) is 8.04. The number of fused-ring (bicyclic) bond motifs is 1. The standard InChI is InChI=1S/C16H21N3OS/c1-21-13-4-2-3-12(9-13)18-16(20)15-8-10-7-11(17)5-6-14(10)19-15/h5-8,12-13,19H,2-4,9,17H2,1H3,(H,18,20). The number of aromatic nitrogens is 1. The van der Waals surface area contributed by atoms with Crippen molar-refractivity contribution in [2.45, 2.75) is 37.0 Å². The molecule has 1 amide bonds. The molecular weight excluding hydrogens is 282 g/mol. The molecule has 3 rings (SSSR count).